The van der Waals surface area contributed by atoms with E-state index in [1.54, 1.807) is 13.1 Å². The van der Waals surface area contributed by atoms with Crippen LogP contribution in [0.5, 0.6) is 0 Å². The van der Waals surface area contributed by atoms with Crippen LogP contribution in [-0.2, 0) is 16.6 Å². The smallest absolute Gasteiger partial charge is 0.243 e. The molecule has 108 valence electrons. The highest BCUT2D eigenvalue weighted by molar-refractivity contribution is 7.89. The summed E-state index contributed by atoms with van der Waals surface area (Å²) < 4.78 is 26.6. The maximum atomic E-state index is 12.6. The third kappa shape index (κ3) is 3.35. The molecule has 0 bridgehead atoms. The van der Waals surface area contributed by atoms with Crippen LogP contribution in [0.15, 0.2) is 17.0 Å². The van der Waals surface area contributed by atoms with Gasteiger partial charge in [-0.05, 0) is 57.5 Å². The molecule has 1 aromatic rings. The third-order valence-corrected chi connectivity index (χ3v) is 5.60. The van der Waals surface area contributed by atoms with Crippen molar-refractivity contribution in [1.29, 1.82) is 0 Å². The van der Waals surface area contributed by atoms with Crippen LogP contribution in [0, 0.1) is 13.8 Å². The van der Waals surface area contributed by atoms with Gasteiger partial charge in [0.2, 0.25) is 10.0 Å². The number of rotatable bonds is 5. The molecular formula is C14H24N2O2S. The van der Waals surface area contributed by atoms with E-state index >= 15 is 0 Å². The fraction of sp³-hybridized carbons (Fsp3) is 0.571. The van der Waals surface area contributed by atoms with Gasteiger partial charge < -0.3 is 5.32 Å². The molecule has 0 heterocycles. The van der Waals surface area contributed by atoms with E-state index in [4.69, 9.17) is 0 Å². The highest BCUT2D eigenvalue weighted by atomic mass is 32.2. The number of hydrogen-bond acceptors (Lipinski definition) is 3. The predicted molar refractivity (Wildman–Crippen MR) is 78.8 cm³/mol. The van der Waals surface area contributed by atoms with Crippen LogP contribution in [0.2, 0.25) is 0 Å². The van der Waals surface area contributed by atoms with Crippen LogP contribution in [0.1, 0.15) is 30.5 Å². The first kappa shape index (κ1) is 16.1. The van der Waals surface area contributed by atoms with E-state index in [0.717, 1.165) is 16.7 Å². The Bertz CT molecular complexity index is 551. The second-order valence-electron chi connectivity index (χ2n) is 5.18. The summed E-state index contributed by atoms with van der Waals surface area (Å²) in [5, 5.41) is 3.05. The molecule has 0 aliphatic heterocycles. The second kappa shape index (κ2) is 6.03. The van der Waals surface area contributed by atoms with Gasteiger partial charge in [-0.25, -0.2) is 8.42 Å². The van der Waals surface area contributed by atoms with Crippen LogP contribution in [0.25, 0.3) is 0 Å². The van der Waals surface area contributed by atoms with Gasteiger partial charge in [0.05, 0.1) is 4.90 Å². The van der Waals surface area contributed by atoms with E-state index in [9.17, 15) is 8.42 Å². The Balaban J connectivity index is 3.41. The molecule has 0 amide bonds. The number of hydrogen-bond donors (Lipinski definition) is 1. The Labute approximate surface area is 116 Å². The zero-order valence-corrected chi connectivity index (χ0v) is 13.4. The van der Waals surface area contributed by atoms with Gasteiger partial charge in [-0.3, -0.25) is 0 Å². The zero-order valence-electron chi connectivity index (χ0n) is 12.6. The summed E-state index contributed by atoms with van der Waals surface area (Å²) in [6.07, 6.45) is 0. The first-order valence-electron chi connectivity index (χ1n) is 6.44. The van der Waals surface area contributed by atoms with Crippen molar-refractivity contribution in [3.63, 3.8) is 0 Å². The van der Waals surface area contributed by atoms with Crippen LogP contribution < -0.4 is 5.32 Å². The van der Waals surface area contributed by atoms with Gasteiger partial charge in [-0.15, -0.1) is 0 Å². The summed E-state index contributed by atoms with van der Waals surface area (Å²) in [4.78, 5) is 0.411. The molecule has 0 spiro atoms. The molecule has 1 N–H and O–H groups in total. The highest BCUT2D eigenvalue weighted by Crippen LogP contribution is 2.24. The Morgan fingerprint density at radius 3 is 2.32 bits per heavy atom. The Morgan fingerprint density at radius 2 is 1.84 bits per heavy atom. The monoisotopic (exact) mass is 284 g/mol. The molecule has 0 radical (unpaired) electrons. The van der Waals surface area contributed by atoms with Gasteiger partial charge in [0.15, 0.2) is 0 Å². The summed E-state index contributed by atoms with van der Waals surface area (Å²) in [6.45, 7) is 8.21. The number of sulfonamides is 1. The lowest BCUT2D eigenvalue weighted by Crippen LogP contribution is -2.33. The van der Waals surface area contributed by atoms with Crippen molar-refractivity contribution < 1.29 is 8.42 Å². The Morgan fingerprint density at radius 1 is 1.26 bits per heavy atom. The summed E-state index contributed by atoms with van der Waals surface area (Å²) >= 11 is 0. The quantitative estimate of drug-likeness (QED) is 0.900. The first-order chi connectivity index (χ1) is 8.71. The molecule has 0 atom stereocenters. The summed E-state index contributed by atoms with van der Waals surface area (Å²) in [6, 6.07) is 3.74. The summed E-state index contributed by atoms with van der Waals surface area (Å²) in [5.74, 6) is 0. The van der Waals surface area contributed by atoms with Crippen molar-refractivity contribution in [3.05, 3.63) is 28.8 Å². The largest absolute Gasteiger partial charge is 0.316 e. The minimum atomic E-state index is -3.43. The second-order valence-corrected chi connectivity index (χ2v) is 7.15. The van der Waals surface area contributed by atoms with Gasteiger partial charge >= 0.3 is 0 Å². The molecule has 19 heavy (non-hydrogen) atoms. The summed E-state index contributed by atoms with van der Waals surface area (Å²) in [5.41, 5.74) is 2.82. The van der Waals surface area contributed by atoms with Gasteiger partial charge in [-0.2, -0.15) is 4.31 Å². The molecule has 1 rings (SSSR count). The third-order valence-electron chi connectivity index (χ3n) is 3.44. The number of nitrogens with zero attached hydrogens (tertiary/aromatic N) is 1. The minimum Gasteiger partial charge on any atom is -0.316 e. The SMILES string of the molecule is CNCc1cc(C)c(C)c(S(=O)(=O)N(C)C(C)C)c1. The molecule has 0 saturated carbocycles. The fourth-order valence-electron chi connectivity index (χ4n) is 1.91. The average Bonchev–Trinajstić information content (AvgIpc) is 2.32. The van der Waals surface area contributed by atoms with E-state index in [1.807, 2.05) is 40.8 Å². The van der Waals surface area contributed by atoms with Crippen LogP contribution in [-0.4, -0.2) is 32.9 Å². The maximum Gasteiger partial charge on any atom is 0.243 e. The first-order valence-corrected chi connectivity index (χ1v) is 7.88. The molecule has 0 unspecified atom stereocenters. The molecule has 0 fully saturated rings. The van der Waals surface area contributed by atoms with E-state index < -0.39 is 10.0 Å². The van der Waals surface area contributed by atoms with Gasteiger partial charge in [0.1, 0.15) is 0 Å². The van der Waals surface area contributed by atoms with E-state index in [0.29, 0.717) is 11.4 Å². The maximum absolute atomic E-state index is 12.6. The summed E-state index contributed by atoms with van der Waals surface area (Å²) in [7, 11) is 0.0487. The lowest BCUT2D eigenvalue weighted by atomic mass is 10.1. The Kier molecular flexibility index (Phi) is 5.12. The molecule has 4 nitrogen and oxygen atoms in total. The molecule has 0 aromatic heterocycles. The number of benzene rings is 1. The van der Waals surface area contributed by atoms with Crippen molar-refractivity contribution in [2.75, 3.05) is 14.1 Å². The lowest BCUT2D eigenvalue weighted by molar-refractivity contribution is 0.410. The van der Waals surface area contributed by atoms with Gasteiger partial charge in [0, 0.05) is 19.6 Å². The Hall–Kier alpha value is -0.910. The normalized spacial score (nSPS) is 12.4. The van der Waals surface area contributed by atoms with E-state index in [1.165, 1.54) is 4.31 Å². The number of nitrogens with one attached hydrogen (secondary N) is 1. The van der Waals surface area contributed by atoms with Crippen LogP contribution in [0.3, 0.4) is 0 Å². The minimum absolute atomic E-state index is 0.0577. The molecule has 0 aliphatic carbocycles. The van der Waals surface area contributed by atoms with Crippen LogP contribution in [0.4, 0.5) is 0 Å². The fourth-order valence-corrected chi connectivity index (χ4v) is 3.62. The molecule has 0 aliphatic rings. The van der Waals surface area contributed by atoms with Crippen LogP contribution >= 0.6 is 0 Å². The number of aryl methyl sites for hydroxylation is 1. The van der Waals surface area contributed by atoms with Crippen molar-refractivity contribution in [2.24, 2.45) is 0 Å². The van der Waals surface area contributed by atoms with Crippen molar-refractivity contribution in [2.45, 2.75) is 45.2 Å². The molecule has 5 heteroatoms. The van der Waals surface area contributed by atoms with Gasteiger partial charge in [0.25, 0.3) is 0 Å². The highest BCUT2D eigenvalue weighted by Gasteiger charge is 2.25. The van der Waals surface area contributed by atoms with Crippen molar-refractivity contribution in [1.82, 2.24) is 9.62 Å². The van der Waals surface area contributed by atoms with E-state index in [2.05, 4.69) is 5.32 Å². The lowest BCUT2D eigenvalue weighted by Gasteiger charge is -2.23. The topological polar surface area (TPSA) is 49.4 Å². The predicted octanol–water partition coefficient (Wildman–Crippen LogP) is 2.05. The standard InChI is InChI=1S/C14H24N2O2S/c1-10(2)16(6)19(17,18)14-8-13(9-15-5)7-11(3)12(14)4/h7-8,10,15H,9H2,1-6H3. The molecule has 1 aromatic carbocycles. The average molecular weight is 284 g/mol. The zero-order chi connectivity index (χ0) is 14.8. The molecular weight excluding hydrogens is 260 g/mol. The van der Waals surface area contributed by atoms with Crippen molar-refractivity contribution in [3.8, 4) is 0 Å². The van der Waals surface area contributed by atoms with Crippen molar-refractivity contribution >= 4 is 10.0 Å². The van der Waals surface area contributed by atoms with E-state index in [-0.39, 0.29) is 6.04 Å². The van der Waals surface area contributed by atoms with Gasteiger partial charge in [-0.1, -0.05) is 6.07 Å². The molecule has 0 saturated heterocycles.